The Bertz CT molecular complexity index is 1090. The van der Waals surface area contributed by atoms with Crippen molar-refractivity contribution in [1.82, 2.24) is 4.57 Å². The second-order valence-corrected chi connectivity index (χ2v) is 8.17. The van der Waals surface area contributed by atoms with E-state index in [2.05, 4.69) is 17.1 Å². The van der Waals surface area contributed by atoms with E-state index in [-0.39, 0.29) is 24.3 Å². The number of aromatic nitrogens is 1. The molecule has 1 fully saturated rings. The van der Waals surface area contributed by atoms with Crippen molar-refractivity contribution >= 4 is 44.2 Å². The molecule has 3 aromatic rings. The molecule has 5 nitrogen and oxygen atoms in total. The van der Waals surface area contributed by atoms with E-state index in [0.29, 0.717) is 11.4 Å². The molecule has 1 heterocycles. The molecule has 6 heteroatoms. The number of carbonyl (C=O) groups is 2. The Labute approximate surface area is 167 Å². The zero-order valence-corrected chi connectivity index (χ0v) is 16.8. The zero-order valence-electron chi connectivity index (χ0n) is 16.0. The number of benzene rings is 2. The number of thiazole rings is 1. The molecule has 0 saturated heterocycles. The fraction of sp³-hybridized carbons (Fsp3) is 0.409. The smallest absolute Gasteiger partial charge is 0.326 e. The maximum Gasteiger partial charge on any atom is 0.326 e. The fourth-order valence-corrected chi connectivity index (χ4v) is 5.08. The van der Waals surface area contributed by atoms with Gasteiger partial charge in [-0.15, -0.1) is 0 Å². The lowest BCUT2D eigenvalue weighted by molar-refractivity contribution is -0.143. The van der Waals surface area contributed by atoms with Gasteiger partial charge >= 0.3 is 5.97 Å². The molecule has 4 rings (SSSR count). The molecule has 1 aromatic heterocycles. The van der Waals surface area contributed by atoms with Crippen molar-refractivity contribution in [1.29, 1.82) is 0 Å². The van der Waals surface area contributed by atoms with E-state index in [1.807, 2.05) is 28.8 Å². The van der Waals surface area contributed by atoms with Crippen LogP contribution in [0, 0.1) is 5.92 Å². The first-order chi connectivity index (χ1) is 13.7. The average Bonchev–Trinajstić information content (AvgIpc) is 3.06. The van der Waals surface area contributed by atoms with E-state index in [9.17, 15) is 9.59 Å². The average molecular weight is 397 g/mol. The van der Waals surface area contributed by atoms with Crippen LogP contribution in [-0.2, 0) is 20.9 Å². The largest absolute Gasteiger partial charge is 0.465 e. The third kappa shape index (κ3) is 3.74. The van der Waals surface area contributed by atoms with Crippen LogP contribution in [0.1, 0.15) is 39.0 Å². The number of hydrogen-bond donors (Lipinski definition) is 0. The van der Waals surface area contributed by atoms with Crippen molar-refractivity contribution in [2.45, 2.75) is 45.6 Å². The highest BCUT2D eigenvalue weighted by atomic mass is 32.1. The van der Waals surface area contributed by atoms with Gasteiger partial charge in [0.25, 0.3) is 5.91 Å². The Morgan fingerprint density at radius 1 is 1.14 bits per heavy atom. The molecule has 0 unspecified atom stereocenters. The van der Waals surface area contributed by atoms with Crippen molar-refractivity contribution in [2.75, 3.05) is 6.61 Å². The van der Waals surface area contributed by atoms with E-state index in [0.717, 1.165) is 46.7 Å². The highest BCUT2D eigenvalue weighted by Gasteiger charge is 2.21. The zero-order chi connectivity index (χ0) is 19.5. The highest BCUT2D eigenvalue weighted by molar-refractivity contribution is 7.17. The molecule has 0 radical (unpaired) electrons. The molecule has 1 aliphatic rings. The van der Waals surface area contributed by atoms with E-state index < -0.39 is 0 Å². The molecular weight excluding hydrogens is 372 g/mol. The standard InChI is InChI=1S/C22H24N2O3S/c1-2-27-19(25)14-24-18-13-12-15-8-6-7-11-17(15)20(18)28-22(24)23-21(26)16-9-4-3-5-10-16/h6-8,11-13,16H,2-5,9-10,14H2,1H3. The summed E-state index contributed by atoms with van der Waals surface area (Å²) in [5.74, 6) is -0.373. The van der Waals surface area contributed by atoms with Crippen LogP contribution in [0.4, 0.5) is 0 Å². The molecule has 0 spiro atoms. The summed E-state index contributed by atoms with van der Waals surface area (Å²) in [6.07, 6.45) is 5.20. The van der Waals surface area contributed by atoms with Crippen molar-refractivity contribution in [3.63, 3.8) is 0 Å². The monoisotopic (exact) mass is 396 g/mol. The lowest BCUT2D eigenvalue weighted by Gasteiger charge is -2.17. The van der Waals surface area contributed by atoms with Gasteiger partial charge in [-0.05, 0) is 31.2 Å². The molecule has 1 amide bonds. The van der Waals surface area contributed by atoms with E-state index in [1.165, 1.54) is 17.8 Å². The van der Waals surface area contributed by atoms with Gasteiger partial charge in [0.1, 0.15) is 6.54 Å². The van der Waals surface area contributed by atoms with Crippen LogP contribution in [0.3, 0.4) is 0 Å². The molecule has 2 aromatic carbocycles. The summed E-state index contributed by atoms with van der Waals surface area (Å²) in [6.45, 7) is 2.18. The lowest BCUT2D eigenvalue weighted by Crippen LogP contribution is -2.25. The predicted octanol–water partition coefficient (Wildman–Crippen LogP) is 4.43. The molecular formula is C22H24N2O3S. The normalized spacial score (nSPS) is 16.0. The van der Waals surface area contributed by atoms with Crippen molar-refractivity contribution in [3.8, 4) is 0 Å². The minimum Gasteiger partial charge on any atom is -0.465 e. The van der Waals surface area contributed by atoms with E-state index >= 15 is 0 Å². The SMILES string of the molecule is CCOC(=O)Cn1c(=NC(=O)C2CCCCC2)sc2c3ccccc3ccc21. The van der Waals surface area contributed by atoms with Crippen LogP contribution in [0.5, 0.6) is 0 Å². The number of hydrogen-bond acceptors (Lipinski definition) is 4. The summed E-state index contributed by atoms with van der Waals surface area (Å²) in [7, 11) is 0. The second kappa shape index (κ2) is 8.27. The van der Waals surface area contributed by atoms with Gasteiger partial charge in [-0.2, -0.15) is 4.99 Å². The summed E-state index contributed by atoms with van der Waals surface area (Å²) in [4.78, 5) is 30.0. The molecule has 0 atom stereocenters. The number of rotatable bonds is 4. The lowest BCUT2D eigenvalue weighted by atomic mass is 9.89. The molecule has 146 valence electrons. The van der Waals surface area contributed by atoms with Crippen molar-refractivity contribution in [3.05, 3.63) is 41.2 Å². The predicted molar refractivity (Wildman–Crippen MR) is 111 cm³/mol. The molecule has 1 aliphatic carbocycles. The number of nitrogens with zero attached hydrogens (tertiary/aromatic N) is 2. The van der Waals surface area contributed by atoms with Crippen LogP contribution in [-0.4, -0.2) is 23.1 Å². The Kier molecular flexibility index (Phi) is 5.57. The first kappa shape index (κ1) is 18.9. The van der Waals surface area contributed by atoms with Crippen LogP contribution in [0.25, 0.3) is 21.0 Å². The van der Waals surface area contributed by atoms with Crippen molar-refractivity contribution < 1.29 is 14.3 Å². The third-order valence-corrected chi connectivity index (χ3v) is 6.45. The minimum absolute atomic E-state index is 0.00625. The maximum absolute atomic E-state index is 12.8. The van der Waals surface area contributed by atoms with Crippen LogP contribution < -0.4 is 4.80 Å². The van der Waals surface area contributed by atoms with Gasteiger partial charge < -0.3 is 9.30 Å². The molecule has 0 bridgehead atoms. The number of fused-ring (bicyclic) bond motifs is 3. The fourth-order valence-electron chi connectivity index (χ4n) is 3.91. The Balaban J connectivity index is 1.85. The van der Waals surface area contributed by atoms with Gasteiger partial charge in [0.05, 0.1) is 16.8 Å². The van der Waals surface area contributed by atoms with Crippen LogP contribution in [0.15, 0.2) is 41.4 Å². The second-order valence-electron chi connectivity index (χ2n) is 7.20. The number of amides is 1. The van der Waals surface area contributed by atoms with Crippen LogP contribution >= 0.6 is 11.3 Å². The molecule has 0 N–H and O–H groups in total. The quantitative estimate of drug-likeness (QED) is 0.613. The van der Waals surface area contributed by atoms with Gasteiger partial charge in [-0.1, -0.05) is 60.9 Å². The third-order valence-electron chi connectivity index (χ3n) is 5.33. The van der Waals surface area contributed by atoms with Gasteiger partial charge in [-0.3, -0.25) is 9.59 Å². The van der Waals surface area contributed by atoms with Crippen molar-refractivity contribution in [2.24, 2.45) is 10.9 Å². The topological polar surface area (TPSA) is 60.7 Å². The van der Waals surface area contributed by atoms with E-state index in [4.69, 9.17) is 4.74 Å². The summed E-state index contributed by atoms with van der Waals surface area (Å²) in [6, 6.07) is 12.2. The number of carbonyl (C=O) groups excluding carboxylic acids is 2. The Hall–Kier alpha value is -2.47. The van der Waals surface area contributed by atoms with Gasteiger partial charge in [0.15, 0.2) is 4.80 Å². The Morgan fingerprint density at radius 3 is 2.71 bits per heavy atom. The molecule has 1 saturated carbocycles. The van der Waals surface area contributed by atoms with E-state index in [1.54, 1.807) is 6.92 Å². The summed E-state index contributed by atoms with van der Waals surface area (Å²) < 4.78 is 8.01. The first-order valence-electron chi connectivity index (χ1n) is 9.92. The molecule has 28 heavy (non-hydrogen) atoms. The number of ether oxygens (including phenoxy) is 1. The van der Waals surface area contributed by atoms with Gasteiger partial charge in [0.2, 0.25) is 0 Å². The van der Waals surface area contributed by atoms with Gasteiger partial charge in [0, 0.05) is 11.3 Å². The molecule has 0 aliphatic heterocycles. The van der Waals surface area contributed by atoms with Crippen LogP contribution in [0.2, 0.25) is 0 Å². The maximum atomic E-state index is 12.8. The summed E-state index contributed by atoms with van der Waals surface area (Å²) >= 11 is 1.47. The summed E-state index contributed by atoms with van der Waals surface area (Å²) in [5, 5.41) is 2.24. The Morgan fingerprint density at radius 2 is 1.93 bits per heavy atom. The number of esters is 1. The van der Waals surface area contributed by atoms with Gasteiger partial charge in [-0.25, -0.2) is 0 Å². The first-order valence-corrected chi connectivity index (χ1v) is 10.7. The highest BCUT2D eigenvalue weighted by Crippen LogP contribution is 2.28. The minimum atomic E-state index is -0.318. The summed E-state index contributed by atoms with van der Waals surface area (Å²) in [5.41, 5.74) is 0.909.